The molecular formula is C14H14N2O4S. The van der Waals surface area contributed by atoms with Crippen molar-refractivity contribution in [2.75, 3.05) is 11.6 Å². The van der Waals surface area contributed by atoms with Crippen molar-refractivity contribution in [2.24, 2.45) is 0 Å². The topological polar surface area (TPSA) is 91.6 Å². The first-order chi connectivity index (χ1) is 10.1. The number of nitrogens with one attached hydrogen (secondary N) is 2. The molecule has 0 bridgehead atoms. The number of hydrogen-bond acceptors (Lipinski definition) is 4. The van der Waals surface area contributed by atoms with Crippen molar-refractivity contribution in [3.05, 3.63) is 47.9 Å². The lowest BCUT2D eigenvalue weighted by atomic mass is 10.3. The SMILES string of the molecule is CSc1ccc(NC(=O)NCc2ccc(C(=O)O)o2)cc1. The highest BCUT2D eigenvalue weighted by atomic mass is 32.2. The summed E-state index contributed by atoms with van der Waals surface area (Å²) in [5.74, 6) is -0.917. The molecule has 3 N–H and O–H groups in total. The van der Waals surface area contributed by atoms with Crippen LogP contribution in [0, 0.1) is 0 Å². The molecule has 7 heteroatoms. The Morgan fingerprint density at radius 1 is 1.19 bits per heavy atom. The van der Waals surface area contributed by atoms with Gasteiger partial charge in [-0.25, -0.2) is 9.59 Å². The third-order valence-corrected chi connectivity index (χ3v) is 3.39. The summed E-state index contributed by atoms with van der Waals surface area (Å²) in [6, 6.07) is 9.90. The summed E-state index contributed by atoms with van der Waals surface area (Å²) in [5.41, 5.74) is 0.677. The van der Waals surface area contributed by atoms with Gasteiger partial charge in [0.15, 0.2) is 0 Å². The fourth-order valence-electron chi connectivity index (χ4n) is 1.60. The number of amides is 2. The Morgan fingerprint density at radius 3 is 2.48 bits per heavy atom. The average Bonchev–Trinajstić information content (AvgIpc) is 2.95. The molecule has 1 aromatic carbocycles. The minimum atomic E-state index is -1.14. The van der Waals surface area contributed by atoms with E-state index in [-0.39, 0.29) is 18.3 Å². The number of rotatable bonds is 5. The van der Waals surface area contributed by atoms with Gasteiger partial charge in [0.25, 0.3) is 0 Å². The molecule has 0 spiro atoms. The van der Waals surface area contributed by atoms with Crippen molar-refractivity contribution in [3.63, 3.8) is 0 Å². The van der Waals surface area contributed by atoms with Gasteiger partial charge in [-0.05, 0) is 42.7 Å². The average molecular weight is 306 g/mol. The first-order valence-electron chi connectivity index (χ1n) is 6.09. The molecular weight excluding hydrogens is 292 g/mol. The van der Waals surface area contributed by atoms with Crippen molar-refractivity contribution in [2.45, 2.75) is 11.4 Å². The van der Waals surface area contributed by atoms with Crippen LogP contribution in [0.1, 0.15) is 16.3 Å². The molecule has 1 aromatic heterocycles. The third-order valence-electron chi connectivity index (χ3n) is 2.64. The van der Waals surface area contributed by atoms with E-state index in [2.05, 4.69) is 10.6 Å². The lowest BCUT2D eigenvalue weighted by Crippen LogP contribution is -2.27. The molecule has 0 aliphatic rings. The first kappa shape index (κ1) is 15.0. The van der Waals surface area contributed by atoms with E-state index in [1.165, 1.54) is 12.1 Å². The van der Waals surface area contributed by atoms with Crippen LogP contribution in [0.15, 0.2) is 45.7 Å². The number of anilines is 1. The zero-order chi connectivity index (χ0) is 15.2. The molecule has 2 rings (SSSR count). The fraction of sp³-hybridized carbons (Fsp3) is 0.143. The summed E-state index contributed by atoms with van der Waals surface area (Å²) in [7, 11) is 0. The second-order valence-corrected chi connectivity index (χ2v) is 4.99. The summed E-state index contributed by atoms with van der Waals surface area (Å²) < 4.78 is 5.03. The highest BCUT2D eigenvalue weighted by Crippen LogP contribution is 2.17. The monoisotopic (exact) mass is 306 g/mol. The van der Waals surface area contributed by atoms with Gasteiger partial charge in [-0.2, -0.15) is 0 Å². The van der Waals surface area contributed by atoms with Crippen LogP contribution in [0.5, 0.6) is 0 Å². The Balaban J connectivity index is 1.84. The van der Waals surface area contributed by atoms with Crippen LogP contribution in [0.3, 0.4) is 0 Å². The van der Waals surface area contributed by atoms with Gasteiger partial charge in [-0.15, -0.1) is 11.8 Å². The Bertz CT molecular complexity index is 637. The lowest BCUT2D eigenvalue weighted by Gasteiger charge is -2.06. The van der Waals surface area contributed by atoms with Gasteiger partial charge in [0, 0.05) is 10.6 Å². The number of carbonyl (C=O) groups is 2. The highest BCUT2D eigenvalue weighted by Gasteiger charge is 2.09. The second kappa shape index (κ2) is 6.85. The molecule has 2 amide bonds. The number of carboxylic acids is 1. The standard InChI is InChI=1S/C14H14N2O4S/c1-21-11-5-2-9(3-6-11)16-14(19)15-8-10-4-7-12(20-10)13(17)18/h2-7H,8H2,1H3,(H,17,18)(H2,15,16,19). The largest absolute Gasteiger partial charge is 0.475 e. The summed E-state index contributed by atoms with van der Waals surface area (Å²) in [5, 5.41) is 14.0. The maximum Gasteiger partial charge on any atom is 0.371 e. The van der Waals surface area contributed by atoms with Crippen molar-refractivity contribution in [1.82, 2.24) is 5.32 Å². The predicted octanol–water partition coefficient (Wildman–Crippen LogP) is 3.02. The Morgan fingerprint density at radius 2 is 1.90 bits per heavy atom. The van der Waals surface area contributed by atoms with Crippen molar-refractivity contribution >= 4 is 29.4 Å². The molecule has 0 saturated heterocycles. The van der Waals surface area contributed by atoms with Crippen LogP contribution in [-0.4, -0.2) is 23.4 Å². The van der Waals surface area contributed by atoms with Crippen LogP contribution >= 0.6 is 11.8 Å². The van der Waals surface area contributed by atoms with Gasteiger partial charge < -0.3 is 20.2 Å². The van der Waals surface area contributed by atoms with E-state index in [0.717, 1.165) is 4.90 Å². The molecule has 2 aromatic rings. The summed E-state index contributed by atoms with van der Waals surface area (Å²) in [4.78, 5) is 23.5. The quantitative estimate of drug-likeness (QED) is 0.739. The Hall–Kier alpha value is -2.41. The number of furan rings is 1. The number of urea groups is 1. The summed E-state index contributed by atoms with van der Waals surface area (Å²) >= 11 is 1.62. The fourth-order valence-corrected chi connectivity index (χ4v) is 2.01. The molecule has 0 unspecified atom stereocenters. The van der Waals surface area contributed by atoms with E-state index in [4.69, 9.17) is 9.52 Å². The Labute approximate surface area is 125 Å². The number of carboxylic acid groups (broad SMARTS) is 1. The van der Waals surface area contributed by atoms with E-state index < -0.39 is 5.97 Å². The minimum Gasteiger partial charge on any atom is -0.475 e. The van der Waals surface area contributed by atoms with E-state index in [9.17, 15) is 9.59 Å². The number of benzene rings is 1. The van der Waals surface area contributed by atoms with Crippen LogP contribution in [0.4, 0.5) is 10.5 Å². The molecule has 110 valence electrons. The van der Waals surface area contributed by atoms with Crippen LogP contribution in [0.25, 0.3) is 0 Å². The maximum atomic E-state index is 11.7. The number of carbonyl (C=O) groups excluding carboxylic acids is 1. The smallest absolute Gasteiger partial charge is 0.371 e. The van der Waals surface area contributed by atoms with Crippen LogP contribution < -0.4 is 10.6 Å². The van der Waals surface area contributed by atoms with E-state index in [1.54, 1.807) is 23.9 Å². The molecule has 0 saturated carbocycles. The minimum absolute atomic E-state index is 0.113. The van der Waals surface area contributed by atoms with Gasteiger partial charge in [-0.1, -0.05) is 0 Å². The zero-order valence-electron chi connectivity index (χ0n) is 11.3. The molecule has 0 aliphatic heterocycles. The molecule has 0 aliphatic carbocycles. The normalized spacial score (nSPS) is 10.1. The first-order valence-corrected chi connectivity index (χ1v) is 7.32. The van der Waals surface area contributed by atoms with E-state index in [1.807, 2.05) is 18.4 Å². The van der Waals surface area contributed by atoms with Gasteiger partial charge in [-0.3, -0.25) is 0 Å². The number of thioether (sulfide) groups is 1. The summed E-state index contributed by atoms with van der Waals surface area (Å²) in [6.45, 7) is 0.113. The predicted molar refractivity (Wildman–Crippen MR) is 79.7 cm³/mol. The highest BCUT2D eigenvalue weighted by molar-refractivity contribution is 7.98. The molecule has 6 nitrogen and oxygen atoms in total. The maximum absolute atomic E-state index is 11.7. The second-order valence-electron chi connectivity index (χ2n) is 4.11. The third kappa shape index (κ3) is 4.28. The van der Waals surface area contributed by atoms with Gasteiger partial charge in [0.1, 0.15) is 5.76 Å². The van der Waals surface area contributed by atoms with Crippen LogP contribution in [0.2, 0.25) is 0 Å². The van der Waals surface area contributed by atoms with E-state index in [0.29, 0.717) is 11.4 Å². The van der Waals surface area contributed by atoms with Crippen molar-refractivity contribution in [1.29, 1.82) is 0 Å². The molecule has 1 heterocycles. The molecule has 0 fully saturated rings. The van der Waals surface area contributed by atoms with Crippen molar-refractivity contribution < 1.29 is 19.1 Å². The van der Waals surface area contributed by atoms with Gasteiger partial charge >= 0.3 is 12.0 Å². The molecule has 0 radical (unpaired) electrons. The van der Waals surface area contributed by atoms with Gasteiger partial charge in [0.05, 0.1) is 6.54 Å². The number of hydrogen-bond donors (Lipinski definition) is 3. The van der Waals surface area contributed by atoms with E-state index >= 15 is 0 Å². The van der Waals surface area contributed by atoms with Crippen LogP contribution in [-0.2, 0) is 6.54 Å². The molecule has 21 heavy (non-hydrogen) atoms. The summed E-state index contributed by atoms with van der Waals surface area (Å²) in [6.07, 6.45) is 1.98. The zero-order valence-corrected chi connectivity index (χ0v) is 12.1. The van der Waals surface area contributed by atoms with Gasteiger partial charge in [0.2, 0.25) is 5.76 Å². The van der Waals surface area contributed by atoms with Crippen molar-refractivity contribution in [3.8, 4) is 0 Å². The Kier molecular flexibility index (Phi) is 4.89. The number of aromatic carboxylic acids is 1. The molecule has 0 atom stereocenters. The lowest BCUT2D eigenvalue weighted by molar-refractivity contribution is 0.0660.